The quantitative estimate of drug-likeness (QED) is 0.253. The maximum Gasteiger partial charge on any atom is 0.266 e. The second kappa shape index (κ2) is 9.61. The van der Waals surface area contributed by atoms with Crippen molar-refractivity contribution in [2.75, 3.05) is 5.75 Å². The van der Waals surface area contributed by atoms with E-state index in [2.05, 4.69) is 10.3 Å². The summed E-state index contributed by atoms with van der Waals surface area (Å²) in [6.45, 7) is 0.356. The van der Waals surface area contributed by atoms with E-state index < -0.39 is 0 Å². The van der Waals surface area contributed by atoms with Crippen LogP contribution >= 0.6 is 11.8 Å². The van der Waals surface area contributed by atoms with Crippen molar-refractivity contribution in [2.45, 2.75) is 24.5 Å². The molecule has 0 unspecified atom stereocenters. The molecule has 0 aliphatic rings. The van der Waals surface area contributed by atoms with Gasteiger partial charge in [0.1, 0.15) is 11.6 Å². The molecule has 1 amide bonds. The highest BCUT2D eigenvalue weighted by atomic mass is 32.2. The van der Waals surface area contributed by atoms with Crippen LogP contribution in [0, 0.1) is 5.82 Å². The Morgan fingerprint density at radius 1 is 1.10 bits per heavy atom. The molecular formula is C23H20FN3O3S. The van der Waals surface area contributed by atoms with Crippen molar-refractivity contribution in [1.82, 2.24) is 14.9 Å². The van der Waals surface area contributed by atoms with Gasteiger partial charge in [0.05, 0.1) is 29.4 Å². The summed E-state index contributed by atoms with van der Waals surface area (Å²) in [5, 5.41) is 3.81. The summed E-state index contributed by atoms with van der Waals surface area (Å²) in [5.74, 6) is 0.853. The highest BCUT2D eigenvalue weighted by molar-refractivity contribution is 7.99. The zero-order valence-electron chi connectivity index (χ0n) is 16.6. The number of amides is 1. The molecule has 0 spiro atoms. The van der Waals surface area contributed by atoms with Crippen LogP contribution in [0.4, 0.5) is 4.39 Å². The molecule has 0 saturated carbocycles. The average Bonchev–Trinajstić information content (AvgIpc) is 3.30. The predicted octanol–water partition coefficient (Wildman–Crippen LogP) is 4.31. The first-order valence-corrected chi connectivity index (χ1v) is 10.8. The maximum atomic E-state index is 13.4. The normalized spacial score (nSPS) is 11.0. The van der Waals surface area contributed by atoms with E-state index in [-0.39, 0.29) is 17.3 Å². The number of halogens is 1. The Morgan fingerprint density at radius 2 is 1.90 bits per heavy atom. The van der Waals surface area contributed by atoms with Gasteiger partial charge in [0, 0.05) is 12.2 Å². The van der Waals surface area contributed by atoms with Crippen LogP contribution < -0.4 is 10.9 Å². The molecule has 0 saturated heterocycles. The maximum absolute atomic E-state index is 13.4. The van der Waals surface area contributed by atoms with Gasteiger partial charge in [-0.1, -0.05) is 23.9 Å². The van der Waals surface area contributed by atoms with Crippen LogP contribution in [0.3, 0.4) is 0 Å². The summed E-state index contributed by atoms with van der Waals surface area (Å²) in [5.41, 5.74) is 0.934. The minimum atomic E-state index is -0.375. The fourth-order valence-corrected chi connectivity index (χ4v) is 4.06. The minimum Gasteiger partial charge on any atom is -0.467 e. The number of carbonyl (C=O) groups excluding carboxylic acids is 1. The van der Waals surface area contributed by atoms with Gasteiger partial charge in [0.15, 0.2) is 5.16 Å². The Balaban J connectivity index is 1.47. The Bertz CT molecular complexity index is 1240. The molecule has 158 valence electrons. The first-order valence-electron chi connectivity index (χ1n) is 9.81. The molecule has 6 nitrogen and oxygen atoms in total. The van der Waals surface area contributed by atoms with Gasteiger partial charge in [0.2, 0.25) is 5.91 Å². The number of benzene rings is 2. The smallest absolute Gasteiger partial charge is 0.266 e. The molecule has 0 atom stereocenters. The highest BCUT2D eigenvalue weighted by Gasteiger charge is 2.13. The number of para-hydroxylation sites is 1. The number of rotatable bonds is 8. The Hall–Kier alpha value is -3.39. The molecule has 2 aromatic heterocycles. The van der Waals surface area contributed by atoms with E-state index in [1.54, 1.807) is 48.7 Å². The second-order valence-electron chi connectivity index (χ2n) is 6.84. The highest BCUT2D eigenvalue weighted by Crippen LogP contribution is 2.22. The van der Waals surface area contributed by atoms with Crippen LogP contribution in [0.15, 0.2) is 81.3 Å². The van der Waals surface area contributed by atoms with E-state index in [0.717, 1.165) is 0 Å². The summed E-state index contributed by atoms with van der Waals surface area (Å²) in [4.78, 5) is 29.8. The molecule has 31 heavy (non-hydrogen) atoms. The number of furan rings is 1. The van der Waals surface area contributed by atoms with Crippen molar-refractivity contribution in [2.24, 2.45) is 0 Å². The van der Waals surface area contributed by atoms with Gasteiger partial charge in [-0.05, 0) is 55.0 Å². The molecule has 0 aliphatic heterocycles. The van der Waals surface area contributed by atoms with Gasteiger partial charge in [-0.3, -0.25) is 14.2 Å². The molecular weight excluding hydrogens is 417 g/mol. The zero-order chi connectivity index (χ0) is 21.6. The van der Waals surface area contributed by atoms with Crippen molar-refractivity contribution >= 4 is 28.6 Å². The summed E-state index contributed by atoms with van der Waals surface area (Å²) < 4.78 is 20.1. The van der Waals surface area contributed by atoms with Gasteiger partial charge >= 0.3 is 0 Å². The molecule has 0 radical (unpaired) electrons. The van der Waals surface area contributed by atoms with E-state index in [1.807, 2.05) is 6.07 Å². The molecule has 8 heteroatoms. The Morgan fingerprint density at radius 3 is 2.68 bits per heavy atom. The van der Waals surface area contributed by atoms with Gasteiger partial charge < -0.3 is 9.73 Å². The van der Waals surface area contributed by atoms with Crippen molar-refractivity contribution in [1.29, 1.82) is 0 Å². The van der Waals surface area contributed by atoms with Crippen LogP contribution in [0.5, 0.6) is 0 Å². The second-order valence-corrected chi connectivity index (χ2v) is 7.90. The number of hydrogen-bond donors (Lipinski definition) is 1. The molecule has 2 heterocycles. The van der Waals surface area contributed by atoms with Gasteiger partial charge in [-0.25, -0.2) is 9.37 Å². The average molecular weight is 437 g/mol. The summed E-state index contributed by atoms with van der Waals surface area (Å²) in [7, 11) is 0. The van der Waals surface area contributed by atoms with E-state index in [0.29, 0.717) is 52.6 Å². The molecule has 0 fully saturated rings. The van der Waals surface area contributed by atoms with Crippen molar-refractivity contribution in [3.8, 4) is 5.69 Å². The van der Waals surface area contributed by atoms with Gasteiger partial charge in [-0.15, -0.1) is 0 Å². The lowest BCUT2D eigenvalue weighted by Crippen LogP contribution is -2.23. The number of nitrogens with one attached hydrogen (secondary N) is 1. The third-order valence-corrected chi connectivity index (χ3v) is 5.67. The third-order valence-electron chi connectivity index (χ3n) is 4.65. The molecule has 1 N–H and O–H groups in total. The summed E-state index contributed by atoms with van der Waals surface area (Å²) in [6, 6.07) is 16.4. The van der Waals surface area contributed by atoms with Crippen molar-refractivity contribution in [3.05, 3.63) is 88.9 Å². The lowest BCUT2D eigenvalue weighted by Gasteiger charge is -2.13. The number of carbonyl (C=O) groups is 1. The number of nitrogens with zero attached hydrogens (tertiary/aromatic N) is 2. The SMILES string of the molecule is O=C(CCCSc1nc2ccccc2c(=O)n1-c1ccc(F)cc1)NCc1ccco1. The first-order chi connectivity index (χ1) is 15.1. The minimum absolute atomic E-state index is 0.0700. The monoisotopic (exact) mass is 437 g/mol. The number of aromatic nitrogens is 2. The predicted molar refractivity (Wildman–Crippen MR) is 118 cm³/mol. The largest absolute Gasteiger partial charge is 0.467 e. The fourth-order valence-electron chi connectivity index (χ4n) is 3.11. The molecule has 2 aromatic carbocycles. The van der Waals surface area contributed by atoms with Crippen LogP contribution in [-0.4, -0.2) is 21.2 Å². The Kier molecular flexibility index (Phi) is 6.47. The third kappa shape index (κ3) is 5.03. The molecule has 4 aromatic rings. The van der Waals surface area contributed by atoms with Crippen molar-refractivity contribution in [3.63, 3.8) is 0 Å². The van der Waals surface area contributed by atoms with Crippen LogP contribution in [0.1, 0.15) is 18.6 Å². The van der Waals surface area contributed by atoms with Crippen molar-refractivity contribution < 1.29 is 13.6 Å². The van der Waals surface area contributed by atoms with Gasteiger partial charge in [0.25, 0.3) is 5.56 Å². The lowest BCUT2D eigenvalue weighted by molar-refractivity contribution is -0.121. The summed E-state index contributed by atoms with van der Waals surface area (Å²) >= 11 is 1.39. The van der Waals surface area contributed by atoms with E-state index >= 15 is 0 Å². The van der Waals surface area contributed by atoms with E-state index in [1.165, 1.54) is 28.5 Å². The van der Waals surface area contributed by atoms with Crippen LogP contribution in [-0.2, 0) is 11.3 Å². The zero-order valence-corrected chi connectivity index (χ0v) is 17.4. The number of hydrogen-bond acceptors (Lipinski definition) is 5. The molecule has 0 aliphatic carbocycles. The number of fused-ring (bicyclic) bond motifs is 1. The molecule has 0 bridgehead atoms. The first kappa shape index (κ1) is 20.9. The van der Waals surface area contributed by atoms with E-state index in [4.69, 9.17) is 4.42 Å². The van der Waals surface area contributed by atoms with Crippen LogP contribution in [0.2, 0.25) is 0 Å². The lowest BCUT2D eigenvalue weighted by atomic mass is 10.2. The Labute approximate surface area is 182 Å². The van der Waals surface area contributed by atoms with Crippen LogP contribution in [0.25, 0.3) is 16.6 Å². The topological polar surface area (TPSA) is 77.1 Å². The van der Waals surface area contributed by atoms with Gasteiger partial charge in [-0.2, -0.15) is 0 Å². The molecule has 4 rings (SSSR count). The van der Waals surface area contributed by atoms with E-state index in [9.17, 15) is 14.0 Å². The fraction of sp³-hybridized carbons (Fsp3) is 0.174. The number of thioether (sulfide) groups is 1. The standard InChI is InChI=1S/C23H20FN3O3S/c24-16-9-11-17(12-10-16)27-22(29)19-6-1-2-7-20(19)26-23(27)31-14-4-8-21(28)25-15-18-5-3-13-30-18/h1-3,5-7,9-13H,4,8,14-15H2,(H,25,28). The summed E-state index contributed by atoms with van der Waals surface area (Å²) in [6.07, 6.45) is 2.53.